The van der Waals surface area contributed by atoms with Crippen molar-refractivity contribution in [1.82, 2.24) is 0 Å². The number of phenolic OH excluding ortho intramolecular Hbond substituents is 1. The molecule has 0 bridgehead atoms. The van der Waals surface area contributed by atoms with Gasteiger partial charge in [0.15, 0.2) is 0 Å². The Kier molecular flexibility index (Phi) is 2.62. The molecule has 0 saturated carbocycles. The van der Waals surface area contributed by atoms with E-state index in [4.69, 9.17) is 10.8 Å². The summed E-state index contributed by atoms with van der Waals surface area (Å²) in [6.45, 7) is 0.00287. The van der Waals surface area contributed by atoms with Crippen molar-refractivity contribution in [3.05, 3.63) is 29.6 Å². The first kappa shape index (κ1) is 8.96. The fourth-order valence-electron chi connectivity index (χ4n) is 0.925. The summed E-state index contributed by atoms with van der Waals surface area (Å²) in [6, 6.07) is 3.38. The van der Waals surface area contributed by atoms with Gasteiger partial charge in [0.1, 0.15) is 11.6 Å². The van der Waals surface area contributed by atoms with E-state index in [1.165, 1.54) is 6.07 Å². The monoisotopic (exact) mass is 171 g/mol. The first-order valence-electron chi connectivity index (χ1n) is 3.51. The van der Waals surface area contributed by atoms with Gasteiger partial charge in [0.25, 0.3) is 0 Å². The lowest BCUT2D eigenvalue weighted by Gasteiger charge is -2.07. The zero-order chi connectivity index (χ0) is 9.14. The van der Waals surface area contributed by atoms with E-state index >= 15 is 0 Å². The highest BCUT2D eigenvalue weighted by molar-refractivity contribution is 5.29. The molecule has 0 aliphatic heterocycles. The predicted octanol–water partition coefficient (Wildman–Crippen LogP) is 0.523. The van der Waals surface area contributed by atoms with Crippen molar-refractivity contribution in [2.75, 3.05) is 6.54 Å². The minimum atomic E-state index is -0.924. The molecular weight excluding hydrogens is 161 g/mol. The maximum Gasteiger partial charge on any atom is 0.127 e. The van der Waals surface area contributed by atoms with Crippen LogP contribution in [0.3, 0.4) is 0 Å². The average molecular weight is 171 g/mol. The lowest BCUT2D eigenvalue weighted by molar-refractivity contribution is 0.186. The molecule has 1 rings (SSSR count). The number of aliphatic hydroxyl groups excluding tert-OH is 1. The molecule has 0 aliphatic carbocycles. The Balaban J connectivity index is 3.00. The minimum absolute atomic E-state index is 0.00287. The number of rotatable bonds is 2. The molecule has 0 heterocycles. The van der Waals surface area contributed by atoms with Crippen molar-refractivity contribution in [2.24, 2.45) is 5.73 Å². The second kappa shape index (κ2) is 3.51. The zero-order valence-electron chi connectivity index (χ0n) is 6.37. The van der Waals surface area contributed by atoms with E-state index < -0.39 is 11.9 Å². The number of hydrogen-bond donors (Lipinski definition) is 3. The van der Waals surface area contributed by atoms with Gasteiger partial charge in [-0.2, -0.15) is 0 Å². The number of aromatic hydroxyl groups is 1. The first-order valence-corrected chi connectivity index (χ1v) is 3.51. The molecule has 0 aromatic heterocycles. The van der Waals surface area contributed by atoms with Crippen LogP contribution in [0.15, 0.2) is 18.2 Å². The summed E-state index contributed by atoms with van der Waals surface area (Å²) in [5, 5.41) is 18.1. The second-order valence-electron chi connectivity index (χ2n) is 2.49. The predicted molar refractivity (Wildman–Crippen MR) is 42.1 cm³/mol. The number of phenols is 1. The van der Waals surface area contributed by atoms with Crippen LogP contribution < -0.4 is 5.73 Å². The number of aliphatic hydroxyl groups is 1. The summed E-state index contributed by atoms with van der Waals surface area (Å²) in [5.41, 5.74) is 5.44. The Morgan fingerprint density at radius 3 is 2.58 bits per heavy atom. The van der Waals surface area contributed by atoms with Gasteiger partial charge >= 0.3 is 0 Å². The van der Waals surface area contributed by atoms with E-state index in [-0.39, 0.29) is 17.9 Å². The van der Waals surface area contributed by atoms with E-state index in [0.29, 0.717) is 0 Å². The van der Waals surface area contributed by atoms with Crippen molar-refractivity contribution in [3.8, 4) is 5.75 Å². The molecule has 4 heteroatoms. The molecule has 0 aliphatic rings. The van der Waals surface area contributed by atoms with Crippen molar-refractivity contribution in [3.63, 3.8) is 0 Å². The fraction of sp³-hybridized carbons (Fsp3) is 0.250. The summed E-state index contributed by atoms with van der Waals surface area (Å²) in [6.07, 6.45) is -0.924. The normalized spacial score (nSPS) is 12.9. The SMILES string of the molecule is NCC(O)c1cc(O)cc(F)c1. The number of hydrogen-bond acceptors (Lipinski definition) is 3. The van der Waals surface area contributed by atoms with Gasteiger partial charge in [-0.05, 0) is 17.7 Å². The number of benzene rings is 1. The van der Waals surface area contributed by atoms with Crippen molar-refractivity contribution in [2.45, 2.75) is 6.10 Å². The highest BCUT2D eigenvalue weighted by Crippen LogP contribution is 2.19. The molecule has 12 heavy (non-hydrogen) atoms. The Morgan fingerprint density at radius 1 is 1.42 bits per heavy atom. The first-order chi connectivity index (χ1) is 5.63. The van der Waals surface area contributed by atoms with Crippen LogP contribution in [0.4, 0.5) is 4.39 Å². The van der Waals surface area contributed by atoms with E-state index in [2.05, 4.69) is 0 Å². The minimum Gasteiger partial charge on any atom is -0.508 e. The van der Waals surface area contributed by atoms with Crippen LogP contribution in [-0.2, 0) is 0 Å². The molecule has 3 nitrogen and oxygen atoms in total. The summed E-state index contributed by atoms with van der Waals surface area (Å²) < 4.78 is 12.6. The van der Waals surface area contributed by atoms with Gasteiger partial charge in [-0.15, -0.1) is 0 Å². The van der Waals surface area contributed by atoms with Gasteiger partial charge in [0.2, 0.25) is 0 Å². The van der Waals surface area contributed by atoms with Crippen LogP contribution in [0.2, 0.25) is 0 Å². The molecule has 1 aromatic carbocycles. The quantitative estimate of drug-likeness (QED) is 0.607. The lowest BCUT2D eigenvalue weighted by Crippen LogP contribution is -2.11. The molecule has 0 radical (unpaired) electrons. The Labute approximate surface area is 69.3 Å². The smallest absolute Gasteiger partial charge is 0.127 e. The van der Waals surface area contributed by atoms with E-state index in [9.17, 15) is 9.50 Å². The molecule has 0 fully saturated rings. The maximum absolute atomic E-state index is 12.6. The van der Waals surface area contributed by atoms with Gasteiger partial charge in [0.05, 0.1) is 6.10 Å². The van der Waals surface area contributed by atoms with Crippen LogP contribution in [0.1, 0.15) is 11.7 Å². The fourth-order valence-corrected chi connectivity index (χ4v) is 0.925. The summed E-state index contributed by atoms with van der Waals surface area (Å²) in [5.74, 6) is -0.796. The molecule has 0 saturated heterocycles. The third kappa shape index (κ3) is 1.93. The topological polar surface area (TPSA) is 66.5 Å². The van der Waals surface area contributed by atoms with Crippen LogP contribution in [0.5, 0.6) is 5.75 Å². The van der Waals surface area contributed by atoms with Gasteiger partial charge in [-0.1, -0.05) is 0 Å². The third-order valence-electron chi connectivity index (χ3n) is 1.51. The summed E-state index contributed by atoms with van der Waals surface area (Å²) in [4.78, 5) is 0. The molecule has 1 unspecified atom stereocenters. The van der Waals surface area contributed by atoms with Crippen LogP contribution >= 0.6 is 0 Å². The highest BCUT2D eigenvalue weighted by atomic mass is 19.1. The molecule has 1 aromatic rings. The third-order valence-corrected chi connectivity index (χ3v) is 1.51. The Bertz CT molecular complexity index is 258. The Hall–Kier alpha value is -1.13. The lowest BCUT2D eigenvalue weighted by atomic mass is 10.1. The van der Waals surface area contributed by atoms with Crippen LogP contribution in [0, 0.1) is 5.82 Å². The van der Waals surface area contributed by atoms with Crippen molar-refractivity contribution >= 4 is 0 Å². The van der Waals surface area contributed by atoms with Crippen LogP contribution in [0.25, 0.3) is 0 Å². The van der Waals surface area contributed by atoms with Gasteiger partial charge in [0, 0.05) is 12.6 Å². The second-order valence-corrected chi connectivity index (χ2v) is 2.49. The van der Waals surface area contributed by atoms with Crippen molar-refractivity contribution < 1.29 is 14.6 Å². The van der Waals surface area contributed by atoms with Gasteiger partial charge in [-0.3, -0.25) is 0 Å². The standard InChI is InChI=1S/C8H10FNO2/c9-6-1-5(8(12)4-10)2-7(11)3-6/h1-3,8,11-12H,4,10H2. The molecule has 1 atom stereocenters. The largest absolute Gasteiger partial charge is 0.508 e. The maximum atomic E-state index is 12.6. The molecule has 4 N–H and O–H groups in total. The number of nitrogens with two attached hydrogens (primary N) is 1. The van der Waals surface area contributed by atoms with E-state index in [1.54, 1.807) is 0 Å². The average Bonchev–Trinajstić information content (AvgIpc) is 2.01. The van der Waals surface area contributed by atoms with E-state index in [0.717, 1.165) is 12.1 Å². The molecule has 0 amide bonds. The highest BCUT2D eigenvalue weighted by Gasteiger charge is 2.07. The molecule has 0 spiro atoms. The molecule has 66 valence electrons. The van der Waals surface area contributed by atoms with Gasteiger partial charge in [-0.25, -0.2) is 4.39 Å². The number of halogens is 1. The Morgan fingerprint density at radius 2 is 2.08 bits per heavy atom. The summed E-state index contributed by atoms with van der Waals surface area (Å²) >= 11 is 0. The van der Waals surface area contributed by atoms with Crippen molar-refractivity contribution in [1.29, 1.82) is 0 Å². The van der Waals surface area contributed by atoms with Gasteiger partial charge < -0.3 is 15.9 Å². The zero-order valence-corrected chi connectivity index (χ0v) is 6.37. The van der Waals surface area contributed by atoms with E-state index in [1.807, 2.05) is 0 Å². The molecular formula is C8H10FNO2. The summed E-state index contributed by atoms with van der Waals surface area (Å²) in [7, 11) is 0. The van der Waals surface area contributed by atoms with Crippen LogP contribution in [-0.4, -0.2) is 16.8 Å².